The molecule has 0 bridgehead atoms. The molecular formula is C24H26N4O5. The molecule has 33 heavy (non-hydrogen) atoms. The number of para-hydroxylation sites is 1. The van der Waals surface area contributed by atoms with Gasteiger partial charge in [0.1, 0.15) is 11.8 Å². The number of ether oxygens (including phenoxy) is 3. The van der Waals surface area contributed by atoms with Gasteiger partial charge in [0.15, 0.2) is 17.3 Å². The molecule has 0 aliphatic carbocycles. The topological polar surface area (TPSA) is 108 Å². The third-order valence-electron chi connectivity index (χ3n) is 5.30. The van der Waals surface area contributed by atoms with Crippen LogP contribution in [-0.2, 0) is 9.53 Å². The lowest BCUT2D eigenvalue weighted by Crippen LogP contribution is -2.29. The molecule has 4 rings (SSSR count). The zero-order valence-corrected chi connectivity index (χ0v) is 19.0. The molecule has 2 heterocycles. The summed E-state index contributed by atoms with van der Waals surface area (Å²) in [7, 11) is 1.59. The maximum absolute atomic E-state index is 13.0. The highest BCUT2D eigenvalue weighted by Gasteiger charge is 2.36. The predicted molar refractivity (Wildman–Crippen MR) is 122 cm³/mol. The number of benzene rings is 2. The van der Waals surface area contributed by atoms with E-state index in [1.165, 1.54) is 6.07 Å². The number of anilines is 1. The monoisotopic (exact) mass is 450 g/mol. The second-order valence-corrected chi connectivity index (χ2v) is 7.35. The number of esters is 1. The molecule has 9 heteroatoms. The summed E-state index contributed by atoms with van der Waals surface area (Å²) in [6, 6.07) is 11.8. The Morgan fingerprint density at radius 3 is 2.67 bits per heavy atom. The molecule has 1 aliphatic heterocycles. The van der Waals surface area contributed by atoms with Gasteiger partial charge in [0.2, 0.25) is 5.95 Å². The van der Waals surface area contributed by atoms with E-state index in [1.807, 2.05) is 31.2 Å². The van der Waals surface area contributed by atoms with Gasteiger partial charge < -0.3 is 24.6 Å². The van der Waals surface area contributed by atoms with Gasteiger partial charge in [-0.1, -0.05) is 18.2 Å². The molecule has 2 aromatic carbocycles. The van der Waals surface area contributed by atoms with E-state index in [4.69, 9.17) is 19.3 Å². The van der Waals surface area contributed by atoms with Crippen LogP contribution in [0.4, 0.5) is 5.95 Å². The van der Waals surface area contributed by atoms with E-state index in [0.29, 0.717) is 46.7 Å². The van der Waals surface area contributed by atoms with Crippen LogP contribution in [-0.4, -0.2) is 46.2 Å². The van der Waals surface area contributed by atoms with Crippen molar-refractivity contribution in [3.05, 3.63) is 59.3 Å². The molecule has 3 aromatic rings. The fraction of sp³-hybridized carbons (Fsp3) is 0.292. The number of aromatic hydroxyl groups is 1. The van der Waals surface area contributed by atoms with E-state index >= 15 is 0 Å². The van der Waals surface area contributed by atoms with Gasteiger partial charge in [-0.05, 0) is 50.6 Å². The number of phenols is 1. The van der Waals surface area contributed by atoms with E-state index < -0.39 is 12.0 Å². The first-order valence-corrected chi connectivity index (χ1v) is 10.7. The van der Waals surface area contributed by atoms with Crippen molar-refractivity contribution in [1.29, 1.82) is 0 Å². The number of allylic oxidation sites excluding steroid dienone is 1. The quantitative estimate of drug-likeness (QED) is 0.522. The van der Waals surface area contributed by atoms with E-state index in [0.717, 1.165) is 5.56 Å². The number of hydrogen-bond acceptors (Lipinski definition) is 8. The maximum atomic E-state index is 13.0. The van der Waals surface area contributed by atoms with Gasteiger partial charge in [-0.2, -0.15) is 4.98 Å². The van der Waals surface area contributed by atoms with E-state index in [-0.39, 0.29) is 12.4 Å². The first-order chi connectivity index (χ1) is 16.0. The van der Waals surface area contributed by atoms with Crippen molar-refractivity contribution in [2.24, 2.45) is 0 Å². The molecule has 1 aliphatic rings. The Morgan fingerprint density at radius 1 is 1.15 bits per heavy atom. The van der Waals surface area contributed by atoms with Crippen molar-refractivity contribution in [2.75, 3.05) is 25.6 Å². The Labute approximate surface area is 191 Å². The van der Waals surface area contributed by atoms with Crippen molar-refractivity contribution in [3.8, 4) is 28.6 Å². The summed E-state index contributed by atoms with van der Waals surface area (Å²) in [5.74, 6) is 1.43. The average molecular weight is 450 g/mol. The van der Waals surface area contributed by atoms with Gasteiger partial charge in [-0.3, -0.25) is 0 Å². The fourth-order valence-corrected chi connectivity index (χ4v) is 3.85. The van der Waals surface area contributed by atoms with Crippen molar-refractivity contribution >= 4 is 11.9 Å². The Hall–Kier alpha value is -4.01. The van der Waals surface area contributed by atoms with Crippen LogP contribution in [0.5, 0.6) is 17.2 Å². The molecule has 0 spiro atoms. The highest BCUT2D eigenvalue weighted by molar-refractivity contribution is 5.92. The summed E-state index contributed by atoms with van der Waals surface area (Å²) in [5.41, 5.74) is 2.42. The average Bonchev–Trinajstić information content (AvgIpc) is 3.23. The predicted octanol–water partition coefficient (Wildman–Crippen LogP) is 3.91. The fourth-order valence-electron chi connectivity index (χ4n) is 3.85. The molecule has 172 valence electrons. The molecule has 1 aromatic heterocycles. The van der Waals surface area contributed by atoms with Crippen LogP contribution in [0.15, 0.2) is 53.7 Å². The summed E-state index contributed by atoms with van der Waals surface area (Å²) in [5, 5.41) is 18.1. The third kappa shape index (κ3) is 4.09. The van der Waals surface area contributed by atoms with Crippen molar-refractivity contribution in [3.63, 3.8) is 0 Å². The van der Waals surface area contributed by atoms with Crippen LogP contribution >= 0.6 is 0 Å². The van der Waals surface area contributed by atoms with Gasteiger partial charge in [0, 0.05) is 5.70 Å². The number of hydrogen-bond donors (Lipinski definition) is 2. The number of nitrogens with zero attached hydrogens (tertiary/aromatic N) is 3. The first-order valence-electron chi connectivity index (χ1n) is 10.7. The molecule has 0 saturated heterocycles. The number of nitrogens with one attached hydrogen (secondary N) is 1. The smallest absolute Gasteiger partial charge is 0.338 e. The van der Waals surface area contributed by atoms with Gasteiger partial charge in [0.25, 0.3) is 0 Å². The standard InChI is InChI=1S/C24H26N4O5/c1-5-32-19-13-15(11-12-17(19)29)21-20(23(30)33-6-2)14(3)25-24-26-22(27-28(21)24)16-9-7-8-10-18(16)31-4/h7-13,21,29H,5-6H2,1-4H3,(H,25,26,27). The van der Waals surface area contributed by atoms with Crippen molar-refractivity contribution in [2.45, 2.75) is 26.8 Å². The third-order valence-corrected chi connectivity index (χ3v) is 5.30. The summed E-state index contributed by atoms with van der Waals surface area (Å²) in [6.45, 7) is 6.01. The number of carbonyl (C=O) groups is 1. The van der Waals surface area contributed by atoms with E-state index in [9.17, 15) is 9.90 Å². The molecule has 2 N–H and O–H groups in total. The Morgan fingerprint density at radius 2 is 1.94 bits per heavy atom. The Balaban J connectivity index is 1.89. The minimum Gasteiger partial charge on any atom is -0.504 e. The van der Waals surface area contributed by atoms with Crippen molar-refractivity contribution in [1.82, 2.24) is 14.8 Å². The summed E-state index contributed by atoms with van der Waals surface area (Å²) < 4.78 is 18.0. The Bertz CT molecular complexity index is 1220. The number of methoxy groups -OCH3 is 1. The highest BCUT2D eigenvalue weighted by atomic mass is 16.5. The lowest BCUT2D eigenvalue weighted by Gasteiger charge is -2.28. The lowest BCUT2D eigenvalue weighted by atomic mass is 9.95. The van der Waals surface area contributed by atoms with Gasteiger partial charge in [-0.15, -0.1) is 5.10 Å². The molecule has 0 saturated carbocycles. The lowest BCUT2D eigenvalue weighted by molar-refractivity contribution is -0.139. The summed E-state index contributed by atoms with van der Waals surface area (Å²) >= 11 is 0. The van der Waals surface area contributed by atoms with Crippen LogP contribution < -0.4 is 14.8 Å². The summed E-state index contributed by atoms with van der Waals surface area (Å²) in [6.07, 6.45) is 0. The molecular weight excluding hydrogens is 424 g/mol. The van der Waals surface area contributed by atoms with Crippen molar-refractivity contribution < 1.29 is 24.1 Å². The Kier molecular flexibility index (Phi) is 6.21. The SMILES string of the molecule is CCOC(=O)C1=C(C)Nc2nc(-c3ccccc3OC)nn2C1c1ccc(O)c(OCC)c1. The first kappa shape index (κ1) is 22.2. The maximum Gasteiger partial charge on any atom is 0.338 e. The largest absolute Gasteiger partial charge is 0.504 e. The van der Waals surface area contributed by atoms with Crippen LogP contribution in [0, 0.1) is 0 Å². The molecule has 1 atom stereocenters. The van der Waals surface area contributed by atoms with Crippen LogP contribution in [0.1, 0.15) is 32.4 Å². The number of fused-ring (bicyclic) bond motifs is 1. The summed E-state index contributed by atoms with van der Waals surface area (Å²) in [4.78, 5) is 17.6. The zero-order chi connectivity index (χ0) is 23.5. The normalized spacial score (nSPS) is 15.0. The molecule has 9 nitrogen and oxygen atoms in total. The highest BCUT2D eigenvalue weighted by Crippen LogP contribution is 2.40. The minimum atomic E-state index is -0.643. The van der Waals surface area contributed by atoms with Gasteiger partial charge in [-0.25, -0.2) is 9.48 Å². The number of rotatable bonds is 7. The number of carbonyl (C=O) groups excluding carboxylic acids is 1. The molecule has 0 amide bonds. The van der Waals surface area contributed by atoms with Gasteiger partial charge in [0.05, 0.1) is 31.5 Å². The van der Waals surface area contributed by atoms with E-state index in [1.54, 1.807) is 37.8 Å². The number of aromatic nitrogens is 3. The zero-order valence-electron chi connectivity index (χ0n) is 19.0. The van der Waals surface area contributed by atoms with Gasteiger partial charge >= 0.3 is 5.97 Å². The van der Waals surface area contributed by atoms with Crippen LogP contribution in [0.2, 0.25) is 0 Å². The van der Waals surface area contributed by atoms with E-state index in [2.05, 4.69) is 10.3 Å². The molecule has 0 radical (unpaired) electrons. The van der Waals surface area contributed by atoms with Crippen LogP contribution in [0.3, 0.4) is 0 Å². The minimum absolute atomic E-state index is 0.0152. The molecule has 1 unspecified atom stereocenters. The molecule has 0 fully saturated rings. The number of phenolic OH excluding ortho intramolecular Hbond substituents is 1. The second-order valence-electron chi connectivity index (χ2n) is 7.35. The second kappa shape index (κ2) is 9.23. The van der Waals surface area contributed by atoms with Crippen LogP contribution in [0.25, 0.3) is 11.4 Å².